The van der Waals surface area contributed by atoms with Gasteiger partial charge in [0.05, 0.1) is 6.61 Å². The molecule has 0 amide bonds. The Kier molecular flexibility index (Phi) is 1.98. The summed E-state index contributed by atoms with van der Waals surface area (Å²) < 4.78 is 6.37. The van der Waals surface area contributed by atoms with Crippen LogP contribution in [0.25, 0.3) is 0 Å². The molecule has 58 valence electrons. The van der Waals surface area contributed by atoms with Crippen LogP contribution in [0.1, 0.15) is 11.1 Å². The molecule has 0 N–H and O–H groups in total. The molecule has 1 aliphatic heterocycles. The number of halogens is 1. The molecule has 11 heavy (non-hydrogen) atoms. The van der Waals surface area contributed by atoms with E-state index in [0.717, 1.165) is 23.3 Å². The van der Waals surface area contributed by atoms with Gasteiger partial charge < -0.3 is 4.74 Å². The number of hydrogen-bond acceptors (Lipinski definition) is 2. The average molecular weight is 261 g/mol. The fourth-order valence-electron chi connectivity index (χ4n) is 1.28. The molecule has 2 rings (SSSR count). The molecule has 1 aliphatic rings. The predicted molar refractivity (Wildman–Crippen MR) is 51.2 cm³/mol. The SMILES string of the molecule is ICc1ccnc2c1CCO2. The Labute approximate surface area is 79.1 Å². The van der Waals surface area contributed by atoms with Crippen LogP contribution in [0.2, 0.25) is 0 Å². The molecule has 0 spiro atoms. The minimum atomic E-state index is 0.802. The summed E-state index contributed by atoms with van der Waals surface area (Å²) in [5.74, 6) is 0.846. The lowest BCUT2D eigenvalue weighted by Gasteiger charge is -2.00. The highest BCUT2D eigenvalue weighted by molar-refractivity contribution is 14.1. The third-order valence-corrected chi connectivity index (χ3v) is 2.67. The lowest BCUT2D eigenvalue weighted by atomic mass is 10.1. The number of pyridine rings is 1. The molecule has 1 aromatic heterocycles. The molecule has 0 saturated heterocycles. The summed E-state index contributed by atoms with van der Waals surface area (Å²) in [7, 11) is 0. The quantitative estimate of drug-likeness (QED) is 0.569. The fourth-order valence-corrected chi connectivity index (χ4v) is 1.99. The average Bonchev–Trinajstić information content (AvgIpc) is 2.50. The van der Waals surface area contributed by atoms with E-state index in [1.54, 1.807) is 0 Å². The van der Waals surface area contributed by atoms with Gasteiger partial charge in [-0.3, -0.25) is 0 Å². The van der Waals surface area contributed by atoms with Crippen molar-refractivity contribution in [1.29, 1.82) is 0 Å². The van der Waals surface area contributed by atoms with Gasteiger partial charge in [-0.05, 0) is 11.6 Å². The van der Waals surface area contributed by atoms with Gasteiger partial charge in [-0.1, -0.05) is 22.6 Å². The minimum absolute atomic E-state index is 0.802. The highest BCUT2D eigenvalue weighted by Gasteiger charge is 2.15. The Hall–Kier alpha value is -0.320. The molecule has 1 aromatic rings. The molecule has 2 heterocycles. The zero-order chi connectivity index (χ0) is 7.68. The lowest BCUT2D eigenvalue weighted by Crippen LogP contribution is -1.87. The highest BCUT2D eigenvalue weighted by Crippen LogP contribution is 2.26. The van der Waals surface area contributed by atoms with Crippen molar-refractivity contribution in [3.8, 4) is 5.88 Å². The molecular weight excluding hydrogens is 253 g/mol. The number of nitrogens with zero attached hydrogens (tertiary/aromatic N) is 1. The van der Waals surface area contributed by atoms with Crippen molar-refractivity contribution in [3.05, 3.63) is 23.4 Å². The van der Waals surface area contributed by atoms with E-state index in [9.17, 15) is 0 Å². The molecule has 0 aromatic carbocycles. The molecule has 0 unspecified atom stereocenters. The first kappa shape index (κ1) is 7.34. The van der Waals surface area contributed by atoms with Gasteiger partial charge in [-0.2, -0.15) is 0 Å². The summed E-state index contributed by atoms with van der Waals surface area (Å²) in [5, 5.41) is 0. The van der Waals surface area contributed by atoms with Crippen LogP contribution in [0.4, 0.5) is 0 Å². The van der Waals surface area contributed by atoms with Crippen molar-refractivity contribution in [2.45, 2.75) is 10.8 Å². The summed E-state index contributed by atoms with van der Waals surface area (Å²) in [6, 6.07) is 2.07. The molecule has 0 bridgehead atoms. The van der Waals surface area contributed by atoms with Gasteiger partial charge in [-0.15, -0.1) is 0 Å². The van der Waals surface area contributed by atoms with Crippen LogP contribution in [0.15, 0.2) is 12.3 Å². The van der Waals surface area contributed by atoms with Crippen molar-refractivity contribution >= 4 is 22.6 Å². The number of alkyl halides is 1. The number of fused-ring (bicyclic) bond motifs is 1. The van der Waals surface area contributed by atoms with Gasteiger partial charge in [0.15, 0.2) is 0 Å². The standard InChI is InChI=1S/C8H8INO/c9-5-6-1-3-10-8-7(6)2-4-11-8/h1,3H,2,4-5H2. The van der Waals surface area contributed by atoms with Crippen LogP contribution < -0.4 is 4.74 Å². The Morgan fingerprint density at radius 1 is 1.64 bits per heavy atom. The number of aromatic nitrogens is 1. The summed E-state index contributed by atoms with van der Waals surface area (Å²) in [6.07, 6.45) is 2.85. The molecule has 0 saturated carbocycles. The van der Waals surface area contributed by atoms with Crippen molar-refractivity contribution in [2.75, 3.05) is 6.61 Å². The third-order valence-electron chi connectivity index (χ3n) is 1.85. The zero-order valence-corrected chi connectivity index (χ0v) is 8.17. The molecule has 0 fully saturated rings. The van der Waals surface area contributed by atoms with E-state index in [0.29, 0.717) is 0 Å². The van der Waals surface area contributed by atoms with E-state index in [4.69, 9.17) is 4.74 Å². The molecule has 3 heteroatoms. The van der Waals surface area contributed by atoms with E-state index in [2.05, 4.69) is 33.6 Å². The fraction of sp³-hybridized carbons (Fsp3) is 0.375. The molecule has 0 aliphatic carbocycles. The Morgan fingerprint density at radius 3 is 3.36 bits per heavy atom. The van der Waals surface area contributed by atoms with Gasteiger partial charge >= 0.3 is 0 Å². The normalized spacial score (nSPS) is 14.3. The Bertz CT molecular complexity index is 275. The zero-order valence-electron chi connectivity index (χ0n) is 6.01. The molecule has 0 atom stereocenters. The van der Waals surface area contributed by atoms with Crippen LogP contribution in [-0.4, -0.2) is 11.6 Å². The maximum Gasteiger partial charge on any atom is 0.216 e. The summed E-state index contributed by atoms with van der Waals surface area (Å²) in [5.41, 5.74) is 2.68. The number of ether oxygens (including phenoxy) is 1. The van der Waals surface area contributed by atoms with Crippen LogP contribution in [0, 0.1) is 0 Å². The first-order valence-electron chi connectivity index (χ1n) is 3.57. The monoisotopic (exact) mass is 261 g/mol. The van der Waals surface area contributed by atoms with Gasteiger partial charge in [0.1, 0.15) is 0 Å². The Morgan fingerprint density at radius 2 is 2.55 bits per heavy atom. The van der Waals surface area contributed by atoms with E-state index >= 15 is 0 Å². The molecular formula is C8H8INO. The Balaban J connectivity index is 2.50. The van der Waals surface area contributed by atoms with Crippen molar-refractivity contribution in [2.24, 2.45) is 0 Å². The van der Waals surface area contributed by atoms with Crippen LogP contribution in [-0.2, 0) is 10.8 Å². The van der Waals surface area contributed by atoms with E-state index in [-0.39, 0.29) is 0 Å². The summed E-state index contributed by atoms with van der Waals surface area (Å²) in [4.78, 5) is 4.14. The van der Waals surface area contributed by atoms with Gasteiger partial charge in [0.2, 0.25) is 5.88 Å². The van der Waals surface area contributed by atoms with Gasteiger partial charge in [0.25, 0.3) is 0 Å². The summed E-state index contributed by atoms with van der Waals surface area (Å²) >= 11 is 2.36. The van der Waals surface area contributed by atoms with E-state index in [1.165, 1.54) is 11.1 Å². The molecule has 0 radical (unpaired) electrons. The summed E-state index contributed by atoms with van der Waals surface area (Å²) in [6.45, 7) is 0.802. The second-order valence-corrected chi connectivity index (χ2v) is 3.25. The molecule has 2 nitrogen and oxygen atoms in total. The maximum absolute atomic E-state index is 5.33. The van der Waals surface area contributed by atoms with Gasteiger partial charge in [-0.25, -0.2) is 4.98 Å². The number of hydrogen-bond donors (Lipinski definition) is 0. The van der Waals surface area contributed by atoms with Crippen molar-refractivity contribution < 1.29 is 4.74 Å². The highest BCUT2D eigenvalue weighted by atomic mass is 127. The second-order valence-electron chi connectivity index (χ2n) is 2.49. The van der Waals surface area contributed by atoms with E-state index < -0.39 is 0 Å². The van der Waals surface area contributed by atoms with Gasteiger partial charge in [0, 0.05) is 22.6 Å². The second kappa shape index (κ2) is 2.97. The van der Waals surface area contributed by atoms with Crippen molar-refractivity contribution in [1.82, 2.24) is 4.98 Å². The van der Waals surface area contributed by atoms with E-state index in [1.807, 2.05) is 6.20 Å². The lowest BCUT2D eigenvalue weighted by molar-refractivity contribution is 0.345. The minimum Gasteiger partial charge on any atom is -0.477 e. The van der Waals surface area contributed by atoms with Crippen LogP contribution in [0.5, 0.6) is 5.88 Å². The van der Waals surface area contributed by atoms with Crippen molar-refractivity contribution in [3.63, 3.8) is 0 Å². The first-order chi connectivity index (χ1) is 5.42. The topological polar surface area (TPSA) is 22.1 Å². The maximum atomic E-state index is 5.33. The number of rotatable bonds is 1. The third kappa shape index (κ3) is 1.21. The predicted octanol–water partition coefficient (Wildman–Crippen LogP) is 1.95. The van der Waals surface area contributed by atoms with Crippen LogP contribution in [0.3, 0.4) is 0 Å². The first-order valence-corrected chi connectivity index (χ1v) is 5.10. The smallest absolute Gasteiger partial charge is 0.216 e. The van der Waals surface area contributed by atoms with Crippen LogP contribution >= 0.6 is 22.6 Å². The largest absolute Gasteiger partial charge is 0.477 e.